The van der Waals surface area contributed by atoms with Crippen molar-refractivity contribution in [3.05, 3.63) is 47.2 Å². The molecule has 7 heterocycles. The molecule has 5 aliphatic rings. The van der Waals surface area contributed by atoms with E-state index in [0.717, 1.165) is 58.0 Å². The number of phenols is 1. The summed E-state index contributed by atoms with van der Waals surface area (Å²) in [6, 6.07) is 6.74. The number of hydrogen-bond acceptors (Lipinski definition) is 8. The van der Waals surface area contributed by atoms with Crippen LogP contribution >= 0.6 is 0 Å². The number of anilines is 1. The monoisotopic (exact) mass is 630 g/mol. The molecule has 11 heteroatoms. The fourth-order valence-electron chi connectivity index (χ4n) is 9.38. The Morgan fingerprint density at radius 3 is 2.83 bits per heavy atom. The van der Waals surface area contributed by atoms with Crippen LogP contribution in [0.15, 0.2) is 24.3 Å². The molecule has 8 nitrogen and oxygen atoms in total. The maximum atomic E-state index is 17.1. The molecular formula is C35H37F3N6O2. The first-order valence-corrected chi connectivity index (χ1v) is 16.6. The third-order valence-electron chi connectivity index (χ3n) is 11.6. The maximum Gasteiger partial charge on any atom is 0.319 e. The molecule has 240 valence electrons. The summed E-state index contributed by atoms with van der Waals surface area (Å²) in [5.41, 5.74) is 1.23. The Balaban J connectivity index is 1.23. The van der Waals surface area contributed by atoms with Crippen LogP contribution in [0.1, 0.15) is 56.2 Å². The van der Waals surface area contributed by atoms with E-state index >= 15 is 4.39 Å². The molecule has 46 heavy (non-hydrogen) atoms. The van der Waals surface area contributed by atoms with Crippen LogP contribution in [0.2, 0.25) is 0 Å². The molecule has 2 bridgehead atoms. The van der Waals surface area contributed by atoms with Crippen molar-refractivity contribution >= 4 is 27.5 Å². The summed E-state index contributed by atoms with van der Waals surface area (Å²) < 4.78 is 52.2. The van der Waals surface area contributed by atoms with Crippen LogP contribution in [-0.2, 0) is 6.42 Å². The average molecular weight is 631 g/mol. The van der Waals surface area contributed by atoms with Gasteiger partial charge in [0.2, 0.25) is 0 Å². The van der Waals surface area contributed by atoms with Crippen molar-refractivity contribution in [2.75, 3.05) is 31.3 Å². The lowest BCUT2D eigenvalue weighted by atomic mass is 9.95. The topological polar surface area (TPSA) is 86.6 Å². The van der Waals surface area contributed by atoms with Gasteiger partial charge in [-0.2, -0.15) is 9.97 Å². The molecule has 9 rings (SSSR count). The lowest BCUT2D eigenvalue weighted by Gasteiger charge is -2.41. The van der Waals surface area contributed by atoms with E-state index in [1.165, 1.54) is 12.1 Å². The van der Waals surface area contributed by atoms with Gasteiger partial charge in [-0.25, -0.2) is 18.2 Å². The predicted molar refractivity (Wildman–Crippen MR) is 169 cm³/mol. The van der Waals surface area contributed by atoms with Gasteiger partial charge >= 0.3 is 6.01 Å². The maximum absolute atomic E-state index is 17.1. The zero-order valence-electron chi connectivity index (χ0n) is 25.8. The second-order valence-electron chi connectivity index (χ2n) is 14.0. The highest BCUT2D eigenvalue weighted by molar-refractivity contribution is 6.02. The summed E-state index contributed by atoms with van der Waals surface area (Å²) in [7, 11) is 0. The van der Waals surface area contributed by atoms with E-state index in [9.17, 15) is 13.9 Å². The van der Waals surface area contributed by atoms with Crippen molar-refractivity contribution in [2.45, 2.75) is 88.0 Å². The number of aromatic nitrogens is 3. The van der Waals surface area contributed by atoms with Crippen molar-refractivity contribution in [1.82, 2.24) is 25.2 Å². The lowest BCUT2D eigenvalue weighted by Crippen LogP contribution is -2.58. The first-order chi connectivity index (χ1) is 22.3. The van der Waals surface area contributed by atoms with Crippen LogP contribution in [0.4, 0.5) is 19.0 Å². The molecule has 0 spiro atoms. The number of piperazine rings is 1. The highest BCUT2D eigenvalue weighted by Crippen LogP contribution is 2.45. The van der Waals surface area contributed by atoms with E-state index in [-0.39, 0.29) is 47.3 Å². The molecular weight excluding hydrogens is 593 g/mol. The minimum absolute atomic E-state index is 0.0226. The minimum Gasteiger partial charge on any atom is -0.508 e. The number of nitrogens with zero attached hydrogens (tertiary/aromatic N) is 5. The number of nitrogens with one attached hydrogen (secondary N) is 1. The second-order valence-corrected chi connectivity index (χ2v) is 14.0. The van der Waals surface area contributed by atoms with Crippen molar-refractivity contribution in [3.8, 4) is 23.0 Å². The Hall–Kier alpha value is -3.70. The number of aryl methyl sites for hydroxylation is 2. The van der Waals surface area contributed by atoms with Gasteiger partial charge in [-0.05, 0) is 99.4 Å². The van der Waals surface area contributed by atoms with Crippen LogP contribution in [-0.4, -0.2) is 81.0 Å². The molecule has 5 aliphatic heterocycles. The number of ether oxygens (including phenoxy) is 1. The molecule has 0 unspecified atom stereocenters. The Kier molecular flexibility index (Phi) is 6.45. The standard InChI is InChI=1S/C35H37F3N6O2/c1-18-24(37)5-3-19-13-22(45)14-23(28(18)19)31-30(38)32-29-26(40-31)7-8-27-25-6-4-20(39-25)16-43(27)33(29)42-34(41-32)46-17-35-10-2-12-44(35)21(15-36)9-11-35/h3,5,13-14,20-21,25,27,39,45H,2,4,6-12,15-17H2,1H3/t20-,21+,25+,27-,35+/m1/s1. The van der Waals surface area contributed by atoms with Crippen molar-refractivity contribution in [2.24, 2.45) is 0 Å². The third-order valence-corrected chi connectivity index (χ3v) is 11.6. The van der Waals surface area contributed by atoms with E-state index in [1.54, 1.807) is 19.1 Å². The number of hydrogen-bond donors (Lipinski definition) is 2. The van der Waals surface area contributed by atoms with Crippen molar-refractivity contribution in [1.29, 1.82) is 0 Å². The number of halogens is 3. The summed E-state index contributed by atoms with van der Waals surface area (Å²) in [6.45, 7) is 3.19. The fourth-order valence-corrected chi connectivity index (χ4v) is 9.38. The van der Waals surface area contributed by atoms with Crippen molar-refractivity contribution in [3.63, 3.8) is 0 Å². The largest absolute Gasteiger partial charge is 0.508 e. The van der Waals surface area contributed by atoms with Crippen LogP contribution < -0.4 is 15.0 Å². The smallest absolute Gasteiger partial charge is 0.319 e. The molecule has 0 aliphatic carbocycles. The Morgan fingerprint density at radius 2 is 1.96 bits per heavy atom. The van der Waals surface area contributed by atoms with Gasteiger partial charge in [-0.3, -0.25) is 4.90 Å². The quantitative estimate of drug-likeness (QED) is 0.289. The molecule has 4 fully saturated rings. The van der Waals surface area contributed by atoms with E-state index in [2.05, 4.69) is 15.1 Å². The Bertz CT molecular complexity index is 1910. The summed E-state index contributed by atoms with van der Waals surface area (Å²) >= 11 is 0. The van der Waals surface area contributed by atoms with E-state index in [4.69, 9.17) is 19.7 Å². The average Bonchev–Trinajstić information content (AvgIpc) is 3.72. The number of phenolic OH excluding ortho intramolecular Hbond substituents is 1. The van der Waals surface area contributed by atoms with Gasteiger partial charge in [0, 0.05) is 36.3 Å². The highest BCUT2D eigenvalue weighted by Gasteiger charge is 2.50. The SMILES string of the molecule is Cc1c(F)ccc2cc(O)cc(-c3nc4c5c(nc(OC[C@@]67CCCN6[C@H](CF)CC7)nc5c3F)N3C[C@H]5CC[C@H](N5)[C@H]3CC4)c12. The number of fused-ring (bicyclic) bond motifs is 7. The highest BCUT2D eigenvalue weighted by atomic mass is 19.1. The number of aromatic hydroxyl groups is 1. The van der Waals surface area contributed by atoms with Gasteiger partial charge in [0.25, 0.3) is 0 Å². The lowest BCUT2D eigenvalue weighted by molar-refractivity contribution is 0.0772. The van der Waals surface area contributed by atoms with E-state index in [1.807, 2.05) is 0 Å². The minimum atomic E-state index is -0.654. The number of pyridine rings is 1. The molecule has 5 atom stereocenters. The van der Waals surface area contributed by atoms with Crippen LogP contribution in [0.5, 0.6) is 11.8 Å². The van der Waals surface area contributed by atoms with E-state index in [0.29, 0.717) is 63.9 Å². The zero-order valence-corrected chi connectivity index (χ0v) is 25.8. The first-order valence-electron chi connectivity index (χ1n) is 16.6. The molecule has 4 aromatic rings. The Labute approximate surface area is 265 Å². The molecule has 2 N–H and O–H groups in total. The summed E-state index contributed by atoms with van der Waals surface area (Å²) in [6.07, 6.45) is 7.10. The molecule has 4 saturated heterocycles. The first kappa shape index (κ1) is 28.5. The summed E-state index contributed by atoms with van der Waals surface area (Å²) in [5.74, 6) is -0.486. The third kappa shape index (κ3) is 4.16. The fraction of sp³-hybridized carbons (Fsp3) is 0.514. The summed E-state index contributed by atoms with van der Waals surface area (Å²) in [5, 5.41) is 16.1. The van der Waals surface area contributed by atoms with E-state index < -0.39 is 11.6 Å². The number of rotatable bonds is 5. The van der Waals surface area contributed by atoms with Crippen LogP contribution in [0, 0.1) is 18.6 Å². The van der Waals surface area contributed by atoms with Gasteiger partial charge in [0.15, 0.2) is 5.82 Å². The van der Waals surface area contributed by atoms with Gasteiger partial charge in [0.05, 0.1) is 16.6 Å². The van der Waals surface area contributed by atoms with Gasteiger partial charge in [-0.15, -0.1) is 0 Å². The zero-order chi connectivity index (χ0) is 31.3. The normalized spacial score (nSPS) is 28.6. The molecule has 0 amide bonds. The molecule has 0 saturated carbocycles. The molecule has 2 aromatic carbocycles. The van der Waals surface area contributed by atoms with Crippen molar-refractivity contribution < 1.29 is 23.0 Å². The number of alkyl halides is 1. The second kappa shape index (κ2) is 10.4. The van der Waals surface area contributed by atoms with Crippen LogP contribution in [0.3, 0.4) is 0 Å². The number of benzene rings is 2. The molecule has 2 aromatic heterocycles. The Morgan fingerprint density at radius 1 is 1.07 bits per heavy atom. The van der Waals surface area contributed by atoms with Gasteiger partial charge < -0.3 is 20.1 Å². The summed E-state index contributed by atoms with van der Waals surface area (Å²) in [4.78, 5) is 19.2. The van der Waals surface area contributed by atoms with Gasteiger partial charge in [-0.1, -0.05) is 6.07 Å². The van der Waals surface area contributed by atoms with Crippen LogP contribution in [0.25, 0.3) is 32.9 Å². The van der Waals surface area contributed by atoms with Gasteiger partial charge in [0.1, 0.15) is 41.9 Å². The molecule has 0 radical (unpaired) electrons. The predicted octanol–water partition coefficient (Wildman–Crippen LogP) is 5.74.